The predicted octanol–water partition coefficient (Wildman–Crippen LogP) is 4.76. The minimum absolute atomic E-state index is 0.0827. The Balaban J connectivity index is 1.49. The average Bonchev–Trinajstić information content (AvgIpc) is 3.26. The molecule has 2 heterocycles. The van der Waals surface area contributed by atoms with Gasteiger partial charge in [0.1, 0.15) is 4.70 Å². The summed E-state index contributed by atoms with van der Waals surface area (Å²) in [6.07, 6.45) is 2.45. The second-order valence-electron chi connectivity index (χ2n) is 7.16. The van der Waals surface area contributed by atoms with Gasteiger partial charge in [0.05, 0.1) is 11.3 Å². The molecule has 0 aliphatic rings. The normalized spacial score (nSPS) is 10.9. The van der Waals surface area contributed by atoms with E-state index in [0.29, 0.717) is 28.5 Å². The average molecular weight is 462 g/mol. The van der Waals surface area contributed by atoms with E-state index in [1.54, 1.807) is 10.6 Å². The second kappa shape index (κ2) is 10.4. The van der Waals surface area contributed by atoms with Crippen LogP contribution in [0.2, 0.25) is 0 Å². The Bertz CT molecular complexity index is 1280. The van der Waals surface area contributed by atoms with Crippen LogP contribution in [-0.2, 0) is 17.8 Å². The molecule has 5 nitrogen and oxygen atoms in total. The Labute approximate surface area is 194 Å². The van der Waals surface area contributed by atoms with E-state index in [2.05, 4.69) is 11.9 Å². The molecule has 4 aromatic rings. The molecule has 32 heavy (non-hydrogen) atoms. The number of amides is 1. The Morgan fingerprint density at radius 1 is 1.12 bits per heavy atom. The number of thiophene rings is 1. The highest BCUT2D eigenvalue weighted by Crippen LogP contribution is 2.31. The van der Waals surface area contributed by atoms with Crippen molar-refractivity contribution in [3.8, 4) is 10.4 Å². The first-order valence-corrected chi connectivity index (χ1v) is 12.1. The number of carbonyl (C=O) groups excluding carboxylic acids is 1. The quantitative estimate of drug-likeness (QED) is 0.222. The fourth-order valence-corrected chi connectivity index (χ4v) is 5.20. The number of thioether (sulfide) groups is 1. The molecule has 4 rings (SSSR count). The molecular formula is C25H23N3O2S2. The van der Waals surface area contributed by atoms with Crippen LogP contribution in [0.3, 0.4) is 0 Å². The largest absolute Gasteiger partial charge is 0.355 e. The number of nitrogens with one attached hydrogen (secondary N) is 1. The SMILES string of the molecule is C=CCn1c(SCC(=O)NCCc2ccccc2)nc2cc(-c3ccccc3)sc2c1=O. The number of aromatic nitrogens is 2. The molecule has 0 fully saturated rings. The van der Waals surface area contributed by atoms with Gasteiger partial charge in [-0.05, 0) is 23.6 Å². The molecule has 1 N–H and O–H groups in total. The van der Waals surface area contributed by atoms with Gasteiger partial charge in [-0.3, -0.25) is 14.2 Å². The zero-order chi connectivity index (χ0) is 22.3. The monoisotopic (exact) mass is 461 g/mol. The van der Waals surface area contributed by atoms with Crippen LogP contribution in [0.4, 0.5) is 0 Å². The molecular weight excluding hydrogens is 438 g/mol. The second-order valence-corrected chi connectivity index (χ2v) is 9.16. The molecule has 0 saturated heterocycles. The molecule has 0 aliphatic carbocycles. The molecule has 2 aromatic heterocycles. The number of rotatable bonds is 9. The molecule has 0 bridgehead atoms. The third-order valence-corrected chi connectivity index (χ3v) is 7.02. The lowest BCUT2D eigenvalue weighted by molar-refractivity contribution is -0.118. The summed E-state index contributed by atoms with van der Waals surface area (Å²) in [5.74, 6) is 0.111. The van der Waals surface area contributed by atoms with Crippen molar-refractivity contribution < 1.29 is 4.79 Å². The first kappa shape index (κ1) is 22.0. The van der Waals surface area contributed by atoms with Crippen LogP contribution in [-0.4, -0.2) is 27.8 Å². The number of carbonyl (C=O) groups is 1. The van der Waals surface area contributed by atoms with Gasteiger partial charge < -0.3 is 5.32 Å². The van der Waals surface area contributed by atoms with E-state index in [1.807, 2.05) is 66.7 Å². The Morgan fingerprint density at radius 3 is 2.56 bits per heavy atom. The van der Waals surface area contributed by atoms with Crippen LogP contribution in [0.1, 0.15) is 5.56 Å². The molecule has 0 aliphatic heterocycles. The summed E-state index contributed by atoms with van der Waals surface area (Å²) in [5, 5.41) is 3.46. The summed E-state index contributed by atoms with van der Waals surface area (Å²) in [5.41, 5.74) is 2.79. The third kappa shape index (κ3) is 5.18. The molecule has 0 saturated carbocycles. The summed E-state index contributed by atoms with van der Waals surface area (Å²) >= 11 is 2.71. The van der Waals surface area contributed by atoms with E-state index >= 15 is 0 Å². The summed E-state index contributed by atoms with van der Waals surface area (Å²) in [6.45, 7) is 4.68. The van der Waals surface area contributed by atoms with Crippen LogP contribution in [0.5, 0.6) is 0 Å². The number of fused-ring (bicyclic) bond motifs is 1. The highest BCUT2D eigenvalue weighted by Gasteiger charge is 2.16. The van der Waals surface area contributed by atoms with Crippen molar-refractivity contribution in [2.24, 2.45) is 0 Å². The van der Waals surface area contributed by atoms with Crippen molar-refractivity contribution in [1.82, 2.24) is 14.9 Å². The summed E-state index contributed by atoms with van der Waals surface area (Å²) in [4.78, 5) is 31.2. The Hall–Kier alpha value is -3.16. The zero-order valence-corrected chi connectivity index (χ0v) is 19.1. The number of allylic oxidation sites excluding steroid dienone is 1. The van der Waals surface area contributed by atoms with Crippen molar-refractivity contribution in [2.45, 2.75) is 18.1 Å². The van der Waals surface area contributed by atoms with Crippen molar-refractivity contribution >= 4 is 39.2 Å². The Morgan fingerprint density at radius 2 is 1.84 bits per heavy atom. The van der Waals surface area contributed by atoms with E-state index in [4.69, 9.17) is 4.98 Å². The predicted molar refractivity (Wildman–Crippen MR) is 133 cm³/mol. The molecule has 7 heteroatoms. The standard InChI is InChI=1S/C25H23N3O2S2/c1-2-15-28-24(30)23-20(16-21(32-23)19-11-7-4-8-12-19)27-25(28)31-17-22(29)26-14-13-18-9-5-3-6-10-18/h2-12,16H,1,13-15,17H2,(H,26,29). The molecule has 1 amide bonds. The van der Waals surface area contributed by atoms with Crippen LogP contribution < -0.4 is 10.9 Å². The third-order valence-electron chi connectivity index (χ3n) is 4.88. The molecule has 0 spiro atoms. The number of nitrogens with zero attached hydrogens (tertiary/aromatic N) is 2. The van der Waals surface area contributed by atoms with Gasteiger partial charge in [0.15, 0.2) is 5.16 Å². The zero-order valence-electron chi connectivity index (χ0n) is 17.5. The maximum atomic E-state index is 13.1. The van der Waals surface area contributed by atoms with Crippen LogP contribution in [0.25, 0.3) is 20.7 Å². The summed E-state index contributed by atoms with van der Waals surface area (Å²) in [6, 6.07) is 21.9. The van der Waals surface area contributed by atoms with Crippen molar-refractivity contribution in [1.29, 1.82) is 0 Å². The van der Waals surface area contributed by atoms with Gasteiger partial charge in [-0.1, -0.05) is 78.5 Å². The van der Waals surface area contributed by atoms with E-state index in [0.717, 1.165) is 16.9 Å². The van der Waals surface area contributed by atoms with E-state index < -0.39 is 0 Å². The number of hydrogen-bond donors (Lipinski definition) is 1. The molecule has 0 unspecified atom stereocenters. The van der Waals surface area contributed by atoms with Crippen LogP contribution in [0.15, 0.2) is 89.3 Å². The first-order valence-electron chi connectivity index (χ1n) is 10.3. The number of hydrogen-bond acceptors (Lipinski definition) is 5. The van der Waals surface area contributed by atoms with Crippen molar-refractivity contribution in [3.05, 3.63) is 95.3 Å². The minimum atomic E-state index is -0.103. The number of benzene rings is 2. The molecule has 0 radical (unpaired) electrons. The van der Waals surface area contributed by atoms with Gasteiger partial charge in [0.2, 0.25) is 5.91 Å². The van der Waals surface area contributed by atoms with Gasteiger partial charge in [0.25, 0.3) is 5.56 Å². The lowest BCUT2D eigenvalue weighted by Crippen LogP contribution is -2.28. The smallest absolute Gasteiger partial charge is 0.272 e. The molecule has 162 valence electrons. The fraction of sp³-hybridized carbons (Fsp3) is 0.160. The first-order chi connectivity index (χ1) is 15.7. The minimum Gasteiger partial charge on any atom is -0.355 e. The van der Waals surface area contributed by atoms with Crippen LogP contribution in [0, 0.1) is 0 Å². The Kier molecular flexibility index (Phi) is 7.19. The van der Waals surface area contributed by atoms with Gasteiger partial charge in [-0.25, -0.2) is 4.98 Å². The van der Waals surface area contributed by atoms with E-state index in [-0.39, 0.29) is 17.2 Å². The van der Waals surface area contributed by atoms with Gasteiger partial charge in [0, 0.05) is 18.0 Å². The topological polar surface area (TPSA) is 64.0 Å². The highest BCUT2D eigenvalue weighted by molar-refractivity contribution is 7.99. The lowest BCUT2D eigenvalue weighted by Gasteiger charge is -2.10. The molecule has 2 aromatic carbocycles. The van der Waals surface area contributed by atoms with Gasteiger partial charge in [-0.15, -0.1) is 17.9 Å². The fourth-order valence-electron chi connectivity index (χ4n) is 3.31. The van der Waals surface area contributed by atoms with Crippen LogP contribution >= 0.6 is 23.1 Å². The van der Waals surface area contributed by atoms with Gasteiger partial charge in [-0.2, -0.15) is 0 Å². The maximum absolute atomic E-state index is 13.1. The molecule has 0 atom stereocenters. The summed E-state index contributed by atoms with van der Waals surface area (Å²) < 4.78 is 2.20. The van der Waals surface area contributed by atoms with Gasteiger partial charge >= 0.3 is 0 Å². The lowest BCUT2D eigenvalue weighted by atomic mass is 10.1. The summed E-state index contributed by atoms with van der Waals surface area (Å²) in [7, 11) is 0. The van der Waals surface area contributed by atoms with E-state index in [9.17, 15) is 9.59 Å². The van der Waals surface area contributed by atoms with Crippen molar-refractivity contribution in [3.63, 3.8) is 0 Å². The maximum Gasteiger partial charge on any atom is 0.272 e. The van der Waals surface area contributed by atoms with E-state index in [1.165, 1.54) is 28.7 Å². The van der Waals surface area contributed by atoms with Crippen molar-refractivity contribution in [2.75, 3.05) is 12.3 Å². The highest BCUT2D eigenvalue weighted by atomic mass is 32.2.